The summed E-state index contributed by atoms with van der Waals surface area (Å²) in [6.07, 6.45) is 3.61. The highest BCUT2D eigenvalue weighted by atomic mass is 16.5. The van der Waals surface area contributed by atoms with Gasteiger partial charge in [-0.15, -0.1) is 0 Å². The van der Waals surface area contributed by atoms with E-state index in [-0.39, 0.29) is 13.2 Å². The first kappa shape index (κ1) is 12.1. The predicted molar refractivity (Wildman–Crippen MR) is 48.3 cm³/mol. The van der Waals surface area contributed by atoms with E-state index in [4.69, 9.17) is 9.84 Å². The van der Waals surface area contributed by atoms with Crippen molar-refractivity contribution in [2.45, 2.75) is 12.8 Å². The molecule has 13 heavy (non-hydrogen) atoms. The molecule has 0 radical (unpaired) electrons. The second kappa shape index (κ2) is 9.22. The molecule has 0 bridgehead atoms. The molecule has 0 amide bonds. The number of hydrogen-bond donors (Lipinski definition) is 1. The highest BCUT2D eigenvalue weighted by Gasteiger charge is 1.94. The van der Waals surface area contributed by atoms with Gasteiger partial charge in [0.05, 0.1) is 6.61 Å². The molecule has 1 heterocycles. The second-order valence-electron chi connectivity index (χ2n) is 2.41. The van der Waals surface area contributed by atoms with Crippen LogP contribution in [0.1, 0.15) is 12.8 Å². The smallest absolute Gasteiger partial charge is 0.330 e. The lowest BCUT2D eigenvalue weighted by Crippen LogP contribution is -2.04. The second-order valence-corrected chi connectivity index (χ2v) is 2.41. The molecule has 1 aliphatic heterocycles. The van der Waals surface area contributed by atoms with Crippen molar-refractivity contribution in [1.29, 1.82) is 0 Å². The van der Waals surface area contributed by atoms with Crippen molar-refractivity contribution >= 4 is 5.97 Å². The minimum atomic E-state index is -0.501. The molecule has 0 aromatic rings. The van der Waals surface area contributed by atoms with Gasteiger partial charge in [-0.25, -0.2) is 4.79 Å². The van der Waals surface area contributed by atoms with Crippen molar-refractivity contribution in [1.82, 2.24) is 0 Å². The third-order valence-corrected chi connectivity index (χ3v) is 1.33. The van der Waals surface area contributed by atoms with Gasteiger partial charge in [0, 0.05) is 19.3 Å². The molecule has 0 aromatic carbocycles. The van der Waals surface area contributed by atoms with Gasteiger partial charge in [0.25, 0.3) is 0 Å². The number of rotatable bonds is 3. The van der Waals surface area contributed by atoms with Gasteiger partial charge in [0.15, 0.2) is 0 Å². The number of esters is 1. The quantitative estimate of drug-likeness (QED) is 0.517. The van der Waals surface area contributed by atoms with Crippen LogP contribution in [0.25, 0.3) is 0 Å². The molecule has 76 valence electrons. The fourth-order valence-electron chi connectivity index (χ4n) is 0.715. The van der Waals surface area contributed by atoms with Crippen molar-refractivity contribution in [2.24, 2.45) is 0 Å². The molecule has 1 fully saturated rings. The first-order valence-corrected chi connectivity index (χ1v) is 4.29. The average molecular weight is 188 g/mol. The Morgan fingerprint density at radius 2 is 2.15 bits per heavy atom. The van der Waals surface area contributed by atoms with Crippen molar-refractivity contribution in [3.63, 3.8) is 0 Å². The van der Waals surface area contributed by atoms with E-state index < -0.39 is 5.97 Å². The maximum atomic E-state index is 10.1. The van der Waals surface area contributed by atoms with Crippen LogP contribution in [-0.2, 0) is 14.3 Å². The Morgan fingerprint density at radius 1 is 1.54 bits per heavy atom. The van der Waals surface area contributed by atoms with Gasteiger partial charge < -0.3 is 14.6 Å². The molecule has 0 unspecified atom stereocenters. The van der Waals surface area contributed by atoms with Crippen LogP contribution >= 0.6 is 0 Å². The maximum Gasteiger partial charge on any atom is 0.330 e. The van der Waals surface area contributed by atoms with Gasteiger partial charge >= 0.3 is 5.97 Å². The molecular weight excluding hydrogens is 172 g/mol. The molecule has 4 heteroatoms. The monoisotopic (exact) mass is 188 g/mol. The normalized spacial score (nSPS) is 14.2. The van der Waals surface area contributed by atoms with E-state index in [0.717, 1.165) is 19.3 Å². The SMILES string of the molecule is C1CCOC1.C=CC(=O)OCCO. The van der Waals surface area contributed by atoms with E-state index in [1.54, 1.807) is 0 Å². The Balaban J connectivity index is 0.000000243. The van der Waals surface area contributed by atoms with E-state index in [0.29, 0.717) is 0 Å². The summed E-state index contributed by atoms with van der Waals surface area (Å²) in [5.41, 5.74) is 0. The van der Waals surface area contributed by atoms with Crippen molar-refractivity contribution in [3.8, 4) is 0 Å². The van der Waals surface area contributed by atoms with Gasteiger partial charge in [-0.2, -0.15) is 0 Å². The highest BCUT2D eigenvalue weighted by molar-refractivity contribution is 5.81. The fourth-order valence-corrected chi connectivity index (χ4v) is 0.715. The number of aliphatic hydroxyl groups excluding tert-OH is 1. The van der Waals surface area contributed by atoms with E-state index >= 15 is 0 Å². The number of aliphatic hydroxyl groups is 1. The molecule has 0 spiro atoms. The Morgan fingerprint density at radius 3 is 2.46 bits per heavy atom. The highest BCUT2D eigenvalue weighted by Crippen LogP contribution is 1.98. The van der Waals surface area contributed by atoms with E-state index in [9.17, 15) is 4.79 Å². The Bertz CT molecular complexity index is 133. The maximum absolute atomic E-state index is 10.1. The number of ether oxygens (including phenoxy) is 2. The molecule has 4 nitrogen and oxygen atoms in total. The molecule has 0 saturated carbocycles. The molecule has 0 aliphatic carbocycles. The van der Waals surface area contributed by atoms with Crippen LogP contribution in [0.3, 0.4) is 0 Å². The summed E-state index contributed by atoms with van der Waals surface area (Å²) in [5, 5.41) is 8.10. The van der Waals surface area contributed by atoms with Gasteiger partial charge in [-0.05, 0) is 12.8 Å². The van der Waals surface area contributed by atoms with E-state index in [1.807, 2.05) is 0 Å². The summed E-state index contributed by atoms with van der Waals surface area (Å²) in [6, 6.07) is 0. The van der Waals surface area contributed by atoms with Crippen molar-refractivity contribution < 1.29 is 19.4 Å². The third kappa shape index (κ3) is 9.04. The third-order valence-electron chi connectivity index (χ3n) is 1.33. The van der Waals surface area contributed by atoms with Gasteiger partial charge in [0.2, 0.25) is 0 Å². The standard InChI is InChI=1S/C5H8O3.C4H8O/c1-2-5(7)8-4-3-6;1-2-4-5-3-1/h2,6H,1,3-4H2;1-4H2. The lowest BCUT2D eigenvalue weighted by Gasteiger charge is -1.94. The predicted octanol–water partition coefficient (Wildman–Crippen LogP) is 0.505. The molecule has 1 rings (SSSR count). The lowest BCUT2D eigenvalue weighted by molar-refractivity contribution is -0.138. The van der Waals surface area contributed by atoms with Gasteiger partial charge in [-0.3, -0.25) is 0 Å². The largest absolute Gasteiger partial charge is 0.460 e. The van der Waals surface area contributed by atoms with Crippen LogP contribution in [0.5, 0.6) is 0 Å². The van der Waals surface area contributed by atoms with Crippen molar-refractivity contribution in [2.75, 3.05) is 26.4 Å². The van der Waals surface area contributed by atoms with Crippen LogP contribution in [0.4, 0.5) is 0 Å². The summed E-state index contributed by atoms with van der Waals surface area (Å²) in [4.78, 5) is 10.1. The minimum absolute atomic E-state index is 0.0465. The molecule has 1 saturated heterocycles. The number of carbonyl (C=O) groups excluding carboxylic acids is 1. The topological polar surface area (TPSA) is 55.8 Å². The number of hydrogen-bond acceptors (Lipinski definition) is 4. The van der Waals surface area contributed by atoms with Crippen LogP contribution < -0.4 is 0 Å². The van der Waals surface area contributed by atoms with E-state index in [2.05, 4.69) is 11.3 Å². The zero-order chi connectivity index (χ0) is 9.94. The van der Waals surface area contributed by atoms with Gasteiger partial charge in [0.1, 0.15) is 6.61 Å². The summed E-state index contributed by atoms with van der Waals surface area (Å²) in [6.45, 7) is 5.06. The lowest BCUT2D eigenvalue weighted by atomic mass is 10.4. The number of carbonyl (C=O) groups is 1. The zero-order valence-corrected chi connectivity index (χ0v) is 7.70. The Hall–Kier alpha value is -0.870. The van der Waals surface area contributed by atoms with Crippen LogP contribution in [0.2, 0.25) is 0 Å². The van der Waals surface area contributed by atoms with E-state index in [1.165, 1.54) is 12.8 Å². The Labute approximate surface area is 78.2 Å². The molecule has 0 aromatic heterocycles. The summed E-state index contributed by atoms with van der Waals surface area (Å²) in [5.74, 6) is -0.501. The van der Waals surface area contributed by atoms with Crippen molar-refractivity contribution in [3.05, 3.63) is 12.7 Å². The van der Waals surface area contributed by atoms with Crippen LogP contribution in [-0.4, -0.2) is 37.5 Å². The molecule has 1 aliphatic rings. The van der Waals surface area contributed by atoms with Crippen LogP contribution in [0.15, 0.2) is 12.7 Å². The zero-order valence-electron chi connectivity index (χ0n) is 7.70. The first-order valence-electron chi connectivity index (χ1n) is 4.29. The first-order chi connectivity index (χ1) is 6.31. The average Bonchev–Trinajstić information content (AvgIpc) is 2.72. The van der Waals surface area contributed by atoms with Crippen LogP contribution in [0, 0.1) is 0 Å². The summed E-state index contributed by atoms with van der Waals surface area (Å²) in [7, 11) is 0. The molecule has 0 atom stereocenters. The molecule has 1 N–H and O–H groups in total. The fraction of sp³-hybridized carbons (Fsp3) is 0.667. The summed E-state index contributed by atoms with van der Waals surface area (Å²) < 4.78 is 9.28. The molecular formula is C9H16O4. The van der Waals surface area contributed by atoms with Gasteiger partial charge in [-0.1, -0.05) is 6.58 Å². The minimum Gasteiger partial charge on any atom is -0.460 e. The Kier molecular flexibility index (Phi) is 8.60. The summed E-state index contributed by atoms with van der Waals surface area (Å²) >= 11 is 0.